The van der Waals surface area contributed by atoms with Gasteiger partial charge in [0.1, 0.15) is 5.75 Å². The highest BCUT2D eigenvalue weighted by atomic mass is 35.5. The van der Waals surface area contributed by atoms with Crippen molar-refractivity contribution < 1.29 is 13.2 Å². The molecule has 0 spiro atoms. The molecule has 1 fully saturated rings. The lowest BCUT2D eigenvalue weighted by Gasteiger charge is -2.35. The third-order valence-corrected chi connectivity index (χ3v) is 6.95. The van der Waals surface area contributed by atoms with Crippen LogP contribution in [0.25, 0.3) is 0 Å². The number of halogens is 1. The van der Waals surface area contributed by atoms with Crippen LogP contribution in [0.4, 0.5) is 11.4 Å². The number of hydrogen-bond acceptors (Lipinski definition) is 5. The van der Waals surface area contributed by atoms with Gasteiger partial charge in [0.15, 0.2) is 0 Å². The van der Waals surface area contributed by atoms with E-state index in [9.17, 15) is 8.42 Å². The Bertz CT molecular complexity index is 971. The van der Waals surface area contributed by atoms with Crippen molar-refractivity contribution in [3.8, 4) is 5.75 Å². The number of benzene rings is 2. The van der Waals surface area contributed by atoms with Gasteiger partial charge < -0.3 is 14.5 Å². The normalized spacial score (nSPS) is 15.5. The monoisotopic (exact) mass is 423 g/mol. The zero-order valence-electron chi connectivity index (χ0n) is 16.6. The van der Waals surface area contributed by atoms with Crippen molar-refractivity contribution in [2.75, 3.05) is 50.0 Å². The molecule has 0 aromatic heterocycles. The van der Waals surface area contributed by atoms with Crippen LogP contribution in [0.15, 0.2) is 35.2 Å². The zero-order chi connectivity index (χ0) is 20.5. The summed E-state index contributed by atoms with van der Waals surface area (Å²) < 4.78 is 34.1. The Hall–Kier alpha value is -1.96. The Morgan fingerprint density at radius 1 is 1.04 bits per heavy atom. The highest BCUT2D eigenvalue weighted by Crippen LogP contribution is 2.33. The summed E-state index contributed by atoms with van der Waals surface area (Å²) in [6.07, 6.45) is 0. The Morgan fingerprint density at radius 3 is 2.36 bits per heavy atom. The standard InChI is InChI=1S/C20H26ClN3O3S/c1-14-12-20(15(2)11-17(14)21)28(25,26)22-16-5-6-19(27-4)18(13-16)24-9-7-23(3)8-10-24/h5-6,11-13,22H,7-10H2,1-4H3. The van der Waals surface area contributed by atoms with E-state index in [-0.39, 0.29) is 4.90 Å². The maximum Gasteiger partial charge on any atom is 0.262 e. The Labute approximate surface area is 172 Å². The molecule has 3 rings (SSSR count). The van der Waals surface area contributed by atoms with E-state index < -0.39 is 10.0 Å². The third-order valence-electron chi connectivity index (χ3n) is 5.02. The van der Waals surface area contributed by atoms with E-state index in [2.05, 4.69) is 21.6 Å². The molecule has 28 heavy (non-hydrogen) atoms. The maximum absolute atomic E-state index is 13.0. The molecular weight excluding hydrogens is 398 g/mol. The van der Waals surface area contributed by atoms with E-state index in [1.165, 1.54) is 0 Å². The number of nitrogens with one attached hydrogen (secondary N) is 1. The van der Waals surface area contributed by atoms with Crippen LogP contribution >= 0.6 is 11.6 Å². The largest absolute Gasteiger partial charge is 0.495 e. The van der Waals surface area contributed by atoms with Crippen LogP contribution in [0.5, 0.6) is 5.75 Å². The fraction of sp³-hybridized carbons (Fsp3) is 0.400. The average Bonchev–Trinajstić information content (AvgIpc) is 2.65. The summed E-state index contributed by atoms with van der Waals surface area (Å²) in [6, 6.07) is 8.62. The molecule has 1 heterocycles. The molecule has 0 atom stereocenters. The third kappa shape index (κ3) is 4.37. The van der Waals surface area contributed by atoms with Crippen molar-refractivity contribution in [2.24, 2.45) is 0 Å². The van der Waals surface area contributed by atoms with Crippen LogP contribution in [-0.2, 0) is 10.0 Å². The molecule has 0 unspecified atom stereocenters. The minimum atomic E-state index is -3.74. The second-order valence-electron chi connectivity index (χ2n) is 7.15. The Balaban J connectivity index is 1.92. The number of aryl methyl sites for hydroxylation is 2. The Kier molecular flexibility index (Phi) is 6.07. The van der Waals surface area contributed by atoms with Crippen LogP contribution in [0.2, 0.25) is 5.02 Å². The summed E-state index contributed by atoms with van der Waals surface area (Å²) in [5.41, 5.74) is 2.72. The first-order chi connectivity index (χ1) is 13.2. The molecule has 1 aliphatic rings. The number of ether oxygens (including phenoxy) is 1. The van der Waals surface area contributed by atoms with Crippen molar-refractivity contribution in [3.63, 3.8) is 0 Å². The van der Waals surface area contributed by atoms with Gasteiger partial charge in [-0.2, -0.15) is 0 Å². The second-order valence-corrected chi connectivity index (χ2v) is 9.21. The fourth-order valence-corrected chi connectivity index (χ4v) is 4.88. The van der Waals surface area contributed by atoms with Gasteiger partial charge in [0.05, 0.1) is 23.4 Å². The van der Waals surface area contributed by atoms with E-state index in [0.29, 0.717) is 16.3 Å². The number of hydrogen-bond donors (Lipinski definition) is 1. The van der Waals surface area contributed by atoms with Gasteiger partial charge >= 0.3 is 0 Å². The van der Waals surface area contributed by atoms with E-state index in [4.69, 9.17) is 16.3 Å². The van der Waals surface area contributed by atoms with Crippen LogP contribution in [0.3, 0.4) is 0 Å². The number of piperazine rings is 1. The van der Waals surface area contributed by atoms with Gasteiger partial charge in [-0.05, 0) is 62.4 Å². The predicted molar refractivity (Wildman–Crippen MR) is 114 cm³/mol. The first kappa shape index (κ1) is 20.8. The predicted octanol–water partition coefficient (Wildman–Crippen LogP) is 3.52. The van der Waals surface area contributed by atoms with Crippen molar-refractivity contribution >= 4 is 33.0 Å². The molecule has 0 amide bonds. The lowest BCUT2D eigenvalue weighted by Crippen LogP contribution is -2.44. The first-order valence-electron chi connectivity index (χ1n) is 9.12. The number of methoxy groups -OCH3 is 1. The van der Waals surface area contributed by atoms with E-state index in [1.807, 2.05) is 6.07 Å². The van der Waals surface area contributed by atoms with Crippen LogP contribution in [-0.4, -0.2) is 53.7 Å². The highest BCUT2D eigenvalue weighted by Gasteiger charge is 2.21. The molecule has 2 aromatic rings. The van der Waals surface area contributed by atoms with Gasteiger partial charge in [-0.25, -0.2) is 8.42 Å². The molecule has 1 aliphatic heterocycles. The van der Waals surface area contributed by atoms with Gasteiger partial charge in [0.2, 0.25) is 0 Å². The number of sulfonamides is 1. The van der Waals surface area contributed by atoms with E-state index in [0.717, 1.165) is 43.2 Å². The smallest absolute Gasteiger partial charge is 0.262 e. The number of likely N-dealkylation sites (N-methyl/N-ethyl adjacent to an activating group) is 1. The lowest BCUT2D eigenvalue weighted by atomic mass is 10.2. The van der Waals surface area contributed by atoms with Crippen LogP contribution < -0.4 is 14.4 Å². The Morgan fingerprint density at radius 2 is 1.71 bits per heavy atom. The van der Waals surface area contributed by atoms with Crippen molar-refractivity contribution in [2.45, 2.75) is 18.7 Å². The molecule has 0 bridgehead atoms. The molecule has 0 aliphatic carbocycles. The fourth-order valence-electron chi connectivity index (χ4n) is 3.30. The van der Waals surface area contributed by atoms with E-state index >= 15 is 0 Å². The maximum atomic E-state index is 13.0. The molecule has 1 saturated heterocycles. The molecule has 2 aromatic carbocycles. The van der Waals surface area contributed by atoms with Crippen LogP contribution in [0.1, 0.15) is 11.1 Å². The van der Waals surface area contributed by atoms with Crippen molar-refractivity contribution in [3.05, 3.63) is 46.5 Å². The summed E-state index contributed by atoms with van der Waals surface area (Å²) in [5, 5.41) is 0.554. The molecule has 152 valence electrons. The summed E-state index contributed by atoms with van der Waals surface area (Å²) in [5.74, 6) is 0.728. The van der Waals surface area contributed by atoms with Crippen LogP contribution in [0, 0.1) is 13.8 Å². The molecule has 6 nitrogen and oxygen atoms in total. The second kappa shape index (κ2) is 8.19. The number of nitrogens with zero attached hydrogens (tertiary/aromatic N) is 2. The minimum absolute atomic E-state index is 0.228. The SMILES string of the molecule is COc1ccc(NS(=O)(=O)c2cc(C)c(Cl)cc2C)cc1N1CCN(C)CC1. The lowest BCUT2D eigenvalue weighted by molar-refractivity contribution is 0.311. The van der Waals surface area contributed by atoms with Crippen molar-refractivity contribution in [1.82, 2.24) is 4.90 Å². The summed E-state index contributed by atoms with van der Waals surface area (Å²) in [7, 11) is -0.0189. The summed E-state index contributed by atoms with van der Waals surface area (Å²) in [6.45, 7) is 7.14. The first-order valence-corrected chi connectivity index (χ1v) is 11.0. The van der Waals surface area contributed by atoms with Gasteiger partial charge in [-0.15, -0.1) is 0 Å². The van der Waals surface area contributed by atoms with Gasteiger partial charge in [-0.3, -0.25) is 4.72 Å². The molecule has 0 saturated carbocycles. The van der Waals surface area contributed by atoms with Gasteiger partial charge in [0.25, 0.3) is 10.0 Å². The van der Waals surface area contributed by atoms with Gasteiger partial charge in [0, 0.05) is 31.2 Å². The average molecular weight is 424 g/mol. The van der Waals surface area contributed by atoms with Gasteiger partial charge in [-0.1, -0.05) is 11.6 Å². The molecule has 8 heteroatoms. The number of rotatable bonds is 5. The minimum Gasteiger partial charge on any atom is -0.495 e. The molecule has 0 radical (unpaired) electrons. The summed E-state index contributed by atoms with van der Waals surface area (Å²) >= 11 is 6.11. The quantitative estimate of drug-likeness (QED) is 0.797. The van der Waals surface area contributed by atoms with E-state index in [1.54, 1.807) is 45.2 Å². The topological polar surface area (TPSA) is 61.9 Å². The molecular formula is C20H26ClN3O3S. The molecule has 1 N–H and O–H groups in total. The summed E-state index contributed by atoms with van der Waals surface area (Å²) in [4.78, 5) is 4.71. The zero-order valence-corrected chi connectivity index (χ0v) is 18.2. The highest BCUT2D eigenvalue weighted by molar-refractivity contribution is 7.92. The number of anilines is 2. The van der Waals surface area contributed by atoms with Crippen molar-refractivity contribution in [1.29, 1.82) is 0 Å².